The van der Waals surface area contributed by atoms with Gasteiger partial charge in [0, 0.05) is 5.39 Å². The van der Waals surface area contributed by atoms with Gasteiger partial charge in [-0.05, 0) is 24.3 Å². The van der Waals surface area contributed by atoms with Crippen LogP contribution in [0, 0.1) is 0 Å². The number of carbonyl (C=O) groups is 2. The molecular weight excluding hydrogens is 202 g/mol. The minimum atomic E-state index is -0.208. The molecule has 0 saturated heterocycles. The number of para-hydroxylation sites is 1. The van der Waals surface area contributed by atoms with Crippen LogP contribution in [0.5, 0.6) is 0 Å². The Kier molecular flexibility index (Phi) is 1.74. The van der Waals surface area contributed by atoms with E-state index in [0.717, 1.165) is 10.9 Å². The van der Waals surface area contributed by atoms with E-state index < -0.39 is 0 Å². The summed E-state index contributed by atoms with van der Waals surface area (Å²) in [6, 6.07) is 9.15. The van der Waals surface area contributed by atoms with Crippen molar-refractivity contribution >= 4 is 22.5 Å². The number of allylic oxidation sites excluding steroid dienone is 2. The molecule has 1 aliphatic rings. The first-order valence-electron chi connectivity index (χ1n) is 4.92. The largest absolute Gasteiger partial charge is 0.289 e. The summed E-state index contributed by atoms with van der Waals surface area (Å²) in [6.07, 6.45) is 2.56. The summed E-state index contributed by atoms with van der Waals surface area (Å²) in [5.41, 5.74) is 1.38. The maximum Gasteiger partial charge on any atom is 0.205 e. The van der Waals surface area contributed by atoms with Gasteiger partial charge >= 0.3 is 0 Å². The summed E-state index contributed by atoms with van der Waals surface area (Å²) in [5.74, 6) is -0.367. The lowest BCUT2D eigenvalue weighted by Gasteiger charge is -2.09. The smallest absolute Gasteiger partial charge is 0.205 e. The SMILES string of the molecule is O=C1C=CC(=O)c2nc3ccccc3cc21. The molecule has 1 aromatic heterocycles. The van der Waals surface area contributed by atoms with E-state index in [-0.39, 0.29) is 17.3 Å². The van der Waals surface area contributed by atoms with Gasteiger partial charge in [-0.3, -0.25) is 9.59 Å². The highest BCUT2D eigenvalue weighted by molar-refractivity contribution is 6.22. The van der Waals surface area contributed by atoms with Gasteiger partial charge in [-0.1, -0.05) is 18.2 Å². The van der Waals surface area contributed by atoms with Crippen LogP contribution in [0.2, 0.25) is 0 Å². The molecule has 1 aliphatic carbocycles. The summed E-state index contributed by atoms with van der Waals surface area (Å²) in [6.45, 7) is 0. The van der Waals surface area contributed by atoms with Crippen molar-refractivity contribution in [2.24, 2.45) is 0 Å². The molecule has 0 saturated carbocycles. The standard InChI is InChI=1S/C13H7NO2/c15-11-5-6-12(16)13-9(11)7-8-3-1-2-4-10(8)14-13/h1-7H. The molecule has 3 rings (SSSR count). The molecule has 1 aromatic carbocycles. The fraction of sp³-hybridized carbons (Fsp3) is 0. The number of rotatable bonds is 0. The highest BCUT2D eigenvalue weighted by Crippen LogP contribution is 2.20. The minimum Gasteiger partial charge on any atom is -0.289 e. The van der Waals surface area contributed by atoms with Crippen molar-refractivity contribution in [3.05, 3.63) is 53.7 Å². The van der Waals surface area contributed by atoms with E-state index in [1.807, 2.05) is 24.3 Å². The zero-order chi connectivity index (χ0) is 11.1. The van der Waals surface area contributed by atoms with E-state index in [9.17, 15) is 9.59 Å². The molecule has 2 aromatic rings. The Bertz CT molecular complexity index is 600. The van der Waals surface area contributed by atoms with Gasteiger partial charge in [-0.15, -0.1) is 0 Å². The molecule has 0 unspecified atom stereocenters. The van der Waals surface area contributed by atoms with Crippen molar-refractivity contribution in [1.29, 1.82) is 0 Å². The minimum absolute atomic E-state index is 0.159. The number of aromatic nitrogens is 1. The molecule has 0 atom stereocenters. The van der Waals surface area contributed by atoms with E-state index in [0.29, 0.717) is 5.56 Å². The van der Waals surface area contributed by atoms with Gasteiger partial charge < -0.3 is 0 Å². The van der Waals surface area contributed by atoms with Crippen LogP contribution in [0.15, 0.2) is 42.5 Å². The zero-order valence-corrected chi connectivity index (χ0v) is 8.31. The van der Waals surface area contributed by atoms with Crippen LogP contribution in [0.1, 0.15) is 20.8 Å². The lowest BCUT2D eigenvalue weighted by atomic mass is 9.98. The predicted molar refractivity (Wildman–Crippen MR) is 59.5 cm³/mol. The molecule has 3 nitrogen and oxygen atoms in total. The van der Waals surface area contributed by atoms with E-state index in [2.05, 4.69) is 4.98 Å². The van der Waals surface area contributed by atoms with Crippen LogP contribution in [0.4, 0.5) is 0 Å². The normalized spacial score (nSPS) is 14.2. The average Bonchev–Trinajstić information content (AvgIpc) is 2.32. The number of carbonyl (C=O) groups excluding carboxylic acids is 2. The van der Waals surface area contributed by atoms with Crippen LogP contribution < -0.4 is 0 Å². The third-order valence-corrected chi connectivity index (χ3v) is 2.61. The highest BCUT2D eigenvalue weighted by Gasteiger charge is 2.20. The molecule has 3 heteroatoms. The van der Waals surface area contributed by atoms with Crippen molar-refractivity contribution in [1.82, 2.24) is 4.98 Å². The van der Waals surface area contributed by atoms with Crippen LogP contribution >= 0.6 is 0 Å². The molecule has 0 radical (unpaired) electrons. The van der Waals surface area contributed by atoms with Crippen molar-refractivity contribution < 1.29 is 9.59 Å². The second-order valence-corrected chi connectivity index (χ2v) is 3.64. The molecule has 1 heterocycles. The number of ketones is 2. The van der Waals surface area contributed by atoms with Gasteiger partial charge in [-0.2, -0.15) is 0 Å². The zero-order valence-electron chi connectivity index (χ0n) is 8.31. The number of pyridine rings is 1. The van der Waals surface area contributed by atoms with Gasteiger partial charge in [0.25, 0.3) is 0 Å². The van der Waals surface area contributed by atoms with Crippen LogP contribution in [0.25, 0.3) is 10.9 Å². The Morgan fingerprint density at radius 3 is 2.56 bits per heavy atom. The Morgan fingerprint density at radius 2 is 1.69 bits per heavy atom. The van der Waals surface area contributed by atoms with E-state index in [1.165, 1.54) is 12.2 Å². The monoisotopic (exact) mass is 209 g/mol. The van der Waals surface area contributed by atoms with Gasteiger partial charge in [-0.25, -0.2) is 4.98 Å². The lowest BCUT2D eigenvalue weighted by molar-refractivity contribution is 0.0991. The second kappa shape index (κ2) is 3.10. The number of benzene rings is 1. The molecule has 76 valence electrons. The summed E-state index contributed by atoms with van der Waals surface area (Å²) < 4.78 is 0. The Balaban J connectivity index is 2.40. The van der Waals surface area contributed by atoms with Gasteiger partial charge in [0.1, 0.15) is 5.69 Å². The van der Waals surface area contributed by atoms with E-state index >= 15 is 0 Å². The molecule has 0 bridgehead atoms. The summed E-state index contributed by atoms with van der Waals surface area (Å²) in [4.78, 5) is 27.4. The highest BCUT2D eigenvalue weighted by atomic mass is 16.1. The van der Waals surface area contributed by atoms with Gasteiger partial charge in [0.15, 0.2) is 5.78 Å². The average molecular weight is 209 g/mol. The van der Waals surface area contributed by atoms with Crippen LogP contribution in [-0.2, 0) is 0 Å². The third-order valence-electron chi connectivity index (χ3n) is 2.61. The Labute approximate surface area is 91.4 Å². The maximum atomic E-state index is 11.6. The molecule has 16 heavy (non-hydrogen) atoms. The fourth-order valence-electron chi connectivity index (χ4n) is 1.81. The molecule has 0 aliphatic heterocycles. The first-order chi connectivity index (χ1) is 7.75. The van der Waals surface area contributed by atoms with Crippen molar-refractivity contribution in [3.8, 4) is 0 Å². The van der Waals surface area contributed by atoms with Crippen LogP contribution in [-0.4, -0.2) is 16.6 Å². The van der Waals surface area contributed by atoms with Crippen LogP contribution in [0.3, 0.4) is 0 Å². The number of nitrogens with zero attached hydrogens (tertiary/aromatic N) is 1. The second-order valence-electron chi connectivity index (χ2n) is 3.64. The van der Waals surface area contributed by atoms with Crippen molar-refractivity contribution in [2.45, 2.75) is 0 Å². The molecule has 0 spiro atoms. The summed E-state index contributed by atoms with van der Waals surface area (Å²) in [5, 5.41) is 0.873. The fourth-order valence-corrected chi connectivity index (χ4v) is 1.81. The Morgan fingerprint density at radius 1 is 0.938 bits per heavy atom. The first-order valence-corrected chi connectivity index (χ1v) is 4.92. The lowest BCUT2D eigenvalue weighted by Crippen LogP contribution is -2.13. The van der Waals surface area contributed by atoms with Gasteiger partial charge in [0.2, 0.25) is 5.78 Å². The first kappa shape index (κ1) is 8.97. The number of fused-ring (bicyclic) bond motifs is 2. The number of hydrogen-bond acceptors (Lipinski definition) is 3. The summed E-state index contributed by atoms with van der Waals surface area (Å²) >= 11 is 0. The summed E-state index contributed by atoms with van der Waals surface area (Å²) in [7, 11) is 0. The number of hydrogen-bond donors (Lipinski definition) is 0. The molecule has 0 N–H and O–H groups in total. The predicted octanol–water partition coefficient (Wildman–Crippen LogP) is 2.17. The molecular formula is C13H7NO2. The Hall–Kier alpha value is -2.29. The van der Waals surface area contributed by atoms with Gasteiger partial charge in [0.05, 0.1) is 11.1 Å². The van der Waals surface area contributed by atoms with Crippen molar-refractivity contribution in [3.63, 3.8) is 0 Å². The van der Waals surface area contributed by atoms with Crippen molar-refractivity contribution in [2.75, 3.05) is 0 Å². The quantitative estimate of drug-likeness (QED) is 0.668. The van der Waals surface area contributed by atoms with E-state index in [1.54, 1.807) is 6.07 Å². The molecule has 0 fully saturated rings. The maximum absolute atomic E-state index is 11.6. The van der Waals surface area contributed by atoms with E-state index in [4.69, 9.17) is 0 Å². The third kappa shape index (κ3) is 1.18. The topological polar surface area (TPSA) is 47.0 Å². The molecule has 0 amide bonds.